The molecule has 0 amide bonds. The molecule has 5 rings (SSSR count). The highest BCUT2D eigenvalue weighted by atomic mass is 35.5. The molecule has 54 heavy (non-hydrogen) atoms. The van der Waals surface area contributed by atoms with Crippen molar-refractivity contribution in [3.8, 4) is 11.5 Å². The first-order chi connectivity index (χ1) is 25.6. The lowest BCUT2D eigenvalue weighted by molar-refractivity contribution is -0.134. The molecule has 2 aliphatic heterocycles. The molecule has 2 atom stereocenters. The van der Waals surface area contributed by atoms with E-state index in [1.54, 1.807) is 0 Å². The number of unbranched alkanes of at least 4 members (excludes halogenated alkanes) is 1. The summed E-state index contributed by atoms with van der Waals surface area (Å²) in [5.74, 6) is -0.677. The Labute approximate surface area is 332 Å². The summed E-state index contributed by atoms with van der Waals surface area (Å²) in [4.78, 5) is 24.0. The van der Waals surface area contributed by atoms with Crippen LogP contribution in [0.4, 0.5) is 0 Å². The Kier molecular flexibility index (Phi) is 22.6. The summed E-state index contributed by atoms with van der Waals surface area (Å²) in [6.45, 7) is 12.7. The van der Waals surface area contributed by atoms with Gasteiger partial charge in [-0.3, -0.25) is 4.90 Å². The molecule has 2 unspecified atom stereocenters. The van der Waals surface area contributed by atoms with Crippen molar-refractivity contribution in [3.63, 3.8) is 0 Å². The van der Waals surface area contributed by atoms with Crippen LogP contribution in [0.15, 0.2) is 91.0 Å². The van der Waals surface area contributed by atoms with Crippen LogP contribution in [0, 0.1) is 0 Å². The van der Waals surface area contributed by atoms with E-state index in [0.717, 1.165) is 100 Å². The van der Waals surface area contributed by atoms with E-state index in [9.17, 15) is 9.59 Å². The molecule has 2 saturated heterocycles. The highest BCUT2D eigenvalue weighted by Gasteiger charge is 2.31. The fourth-order valence-electron chi connectivity index (χ4n) is 6.01. The van der Waals surface area contributed by atoms with Gasteiger partial charge >= 0.3 is 11.9 Å². The first kappa shape index (κ1) is 46.5. The molecule has 0 bridgehead atoms. The number of carboxylic acids is 2. The van der Waals surface area contributed by atoms with Crippen molar-refractivity contribution in [3.05, 3.63) is 107 Å². The number of rotatable bonds is 17. The van der Waals surface area contributed by atoms with Crippen molar-refractivity contribution in [2.45, 2.75) is 64.0 Å². The van der Waals surface area contributed by atoms with Gasteiger partial charge in [-0.1, -0.05) is 67.4 Å². The third-order valence-electron chi connectivity index (χ3n) is 9.18. The Morgan fingerprint density at radius 3 is 1.91 bits per heavy atom. The fourth-order valence-corrected chi connectivity index (χ4v) is 6.14. The van der Waals surface area contributed by atoms with Gasteiger partial charge in [0.05, 0.1) is 26.4 Å². The van der Waals surface area contributed by atoms with Crippen LogP contribution >= 0.6 is 24.0 Å². The summed E-state index contributed by atoms with van der Waals surface area (Å²) < 4.78 is 23.2. The van der Waals surface area contributed by atoms with Crippen LogP contribution in [0.1, 0.15) is 63.5 Å². The summed E-state index contributed by atoms with van der Waals surface area (Å²) >= 11 is 6.07. The lowest BCUT2D eigenvalue weighted by Gasteiger charge is -2.32. The third-order valence-corrected chi connectivity index (χ3v) is 9.43. The van der Waals surface area contributed by atoms with Crippen molar-refractivity contribution in [1.29, 1.82) is 0 Å². The molecule has 3 aromatic rings. The van der Waals surface area contributed by atoms with E-state index in [1.165, 1.54) is 24.9 Å². The van der Waals surface area contributed by atoms with Gasteiger partial charge in [-0.05, 0) is 100 Å². The standard InChI is InChI=1S/C21H26ClNO.C17H27NO3.C4H4O4.ClH/c1-21(17-7-4-3-5-8-17,18-10-12-19(22)13-11-18)24-16-14-20-9-6-15-23(20)2;1-2-3-12-20-16-5-7-17(8-6-16)21-13-4-9-18-10-14-19-15-11-18;5-3(6)1-2-4(7)8;/h3-5,7-8,10-13,20H,6,9,14-16H2,1-2H3;5-8H,2-4,9-15H2,1H3;1-2H,(H,5,6)(H,7,8);1H. The monoisotopic (exact) mass is 788 g/mol. The number of hydrogen-bond donors (Lipinski definition) is 2. The van der Waals surface area contributed by atoms with Gasteiger partial charge in [0.25, 0.3) is 0 Å². The van der Waals surface area contributed by atoms with Gasteiger partial charge in [0, 0.05) is 49.5 Å². The van der Waals surface area contributed by atoms with Gasteiger partial charge in [0.15, 0.2) is 0 Å². The van der Waals surface area contributed by atoms with Gasteiger partial charge < -0.3 is 34.1 Å². The maximum Gasteiger partial charge on any atom is 0.328 e. The number of halogens is 2. The lowest BCUT2D eigenvalue weighted by atomic mass is 9.88. The number of carbonyl (C=O) groups is 2. The van der Waals surface area contributed by atoms with Crippen LogP contribution in [0.25, 0.3) is 0 Å². The average Bonchev–Trinajstić information content (AvgIpc) is 3.58. The van der Waals surface area contributed by atoms with Crippen LogP contribution in [0.3, 0.4) is 0 Å². The van der Waals surface area contributed by atoms with E-state index in [1.807, 2.05) is 42.5 Å². The Hall–Kier alpha value is -3.64. The molecule has 3 aromatic carbocycles. The zero-order valence-electron chi connectivity index (χ0n) is 31.9. The molecule has 0 radical (unpaired) electrons. The van der Waals surface area contributed by atoms with Crippen molar-refractivity contribution in [2.75, 3.05) is 66.3 Å². The molecule has 2 N–H and O–H groups in total. The van der Waals surface area contributed by atoms with E-state index >= 15 is 0 Å². The van der Waals surface area contributed by atoms with E-state index in [-0.39, 0.29) is 12.4 Å². The van der Waals surface area contributed by atoms with E-state index < -0.39 is 17.5 Å². The summed E-state index contributed by atoms with van der Waals surface area (Å²) in [5, 5.41) is 16.4. The second kappa shape index (κ2) is 26.2. The van der Waals surface area contributed by atoms with Crippen molar-refractivity contribution in [2.24, 2.45) is 0 Å². The van der Waals surface area contributed by atoms with Gasteiger partial charge in [-0.2, -0.15) is 0 Å². The number of nitrogens with zero attached hydrogens (tertiary/aromatic N) is 2. The second-order valence-corrected chi connectivity index (χ2v) is 13.6. The second-order valence-electron chi connectivity index (χ2n) is 13.2. The quantitative estimate of drug-likeness (QED) is 0.102. The first-order valence-electron chi connectivity index (χ1n) is 18.6. The summed E-state index contributed by atoms with van der Waals surface area (Å²) in [6, 6.07) is 27.0. The van der Waals surface area contributed by atoms with Gasteiger partial charge in [-0.25, -0.2) is 9.59 Å². The zero-order chi connectivity index (χ0) is 38.3. The molecule has 10 nitrogen and oxygen atoms in total. The summed E-state index contributed by atoms with van der Waals surface area (Å²) in [6.07, 6.45) is 8.08. The average molecular weight is 790 g/mol. The molecule has 2 heterocycles. The van der Waals surface area contributed by atoms with Crippen molar-refractivity contribution >= 4 is 35.9 Å². The predicted octanol–water partition coefficient (Wildman–Crippen LogP) is 8.20. The zero-order valence-corrected chi connectivity index (χ0v) is 33.4. The van der Waals surface area contributed by atoms with Gasteiger partial charge in [0.2, 0.25) is 0 Å². The molecular weight excluding hydrogens is 731 g/mol. The number of morpholine rings is 1. The third kappa shape index (κ3) is 17.7. The molecule has 298 valence electrons. The van der Waals surface area contributed by atoms with Crippen LogP contribution in [-0.4, -0.2) is 104 Å². The molecule has 0 spiro atoms. The number of benzene rings is 3. The molecule has 12 heteroatoms. The number of carboxylic acid groups (broad SMARTS) is 2. The molecule has 0 aromatic heterocycles. The van der Waals surface area contributed by atoms with Crippen LogP contribution < -0.4 is 9.47 Å². The number of ether oxygens (including phenoxy) is 4. The Morgan fingerprint density at radius 1 is 0.833 bits per heavy atom. The maximum atomic E-state index is 9.55. The van der Waals surface area contributed by atoms with E-state index in [2.05, 4.69) is 67.1 Å². The minimum atomic E-state index is -1.26. The highest BCUT2D eigenvalue weighted by Crippen LogP contribution is 2.34. The topological polar surface area (TPSA) is 118 Å². The maximum absolute atomic E-state index is 9.55. The Morgan fingerprint density at radius 2 is 1.39 bits per heavy atom. The molecule has 0 aliphatic carbocycles. The molecule has 2 aliphatic rings. The molecular formula is C42H58Cl2N2O8. The predicted molar refractivity (Wildman–Crippen MR) is 216 cm³/mol. The Bertz CT molecular complexity index is 1470. The Balaban J connectivity index is 0.000000309. The van der Waals surface area contributed by atoms with Crippen LogP contribution in [0.2, 0.25) is 5.02 Å². The normalized spacial score (nSPS) is 16.9. The SMILES string of the molecule is CCCCOc1ccc(OCCCN2CCOCC2)cc1.CN1CCCC1CCOC(C)(c1ccccc1)c1ccc(Cl)cc1.Cl.O=C(O)C=CC(=O)O. The minimum Gasteiger partial charge on any atom is -0.494 e. The lowest BCUT2D eigenvalue weighted by Crippen LogP contribution is -2.37. The smallest absolute Gasteiger partial charge is 0.328 e. The van der Waals surface area contributed by atoms with Gasteiger partial charge in [0.1, 0.15) is 17.1 Å². The molecule has 2 fully saturated rings. The summed E-state index contributed by atoms with van der Waals surface area (Å²) in [7, 11) is 2.22. The van der Waals surface area contributed by atoms with Crippen LogP contribution in [-0.2, 0) is 24.7 Å². The minimum absolute atomic E-state index is 0. The number of likely N-dealkylation sites (tertiary alicyclic amines) is 1. The first-order valence-corrected chi connectivity index (χ1v) is 18.9. The highest BCUT2D eigenvalue weighted by molar-refractivity contribution is 6.30. The van der Waals surface area contributed by atoms with Crippen molar-refractivity contribution in [1.82, 2.24) is 9.80 Å². The molecule has 0 saturated carbocycles. The number of aliphatic carboxylic acids is 2. The van der Waals surface area contributed by atoms with E-state index in [4.69, 9.17) is 40.8 Å². The van der Waals surface area contributed by atoms with Crippen molar-refractivity contribution < 1.29 is 38.7 Å². The van der Waals surface area contributed by atoms with E-state index in [0.29, 0.717) is 18.2 Å². The fraction of sp³-hybridized carbons (Fsp3) is 0.476. The van der Waals surface area contributed by atoms with Gasteiger partial charge in [-0.15, -0.1) is 12.4 Å². The largest absolute Gasteiger partial charge is 0.494 e. The summed E-state index contributed by atoms with van der Waals surface area (Å²) in [5.41, 5.74) is 1.85. The van der Waals surface area contributed by atoms with Crippen LogP contribution in [0.5, 0.6) is 11.5 Å². The number of hydrogen-bond acceptors (Lipinski definition) is 8.